The van der Waals surface area contributed by atoms with Crippen molar-refractivity contribution in [3.05, 3.63) is 122 Å². The second-order valence-corrected chi connectivity index (χ2v) is 21.7. The molecule has 3 unspecified atom stereocenters. The fourth-order valence-electron chi connectivity index (χ4n) is 7.66. The zero-order chi connectivity index (χ0) is 52.7. The number of carbonyl (C=O) groups excluding carboxylic acids is 1. The summed E-state index contributed by atoms with van der Waals surface area (Å²) in [7, 11) is 1.51. The lowest BCUT2D eigenvalue weighted by atomic mass is 10.0. The summed E-state index contributed by atoms with van der Waals surface area (Å²) in [5.74, 6) is -0.233. The molecule has 0 aromatic heterocycles. The molecule has 0 fully saturated rings. The highest BCUT2D eigenvalue weighted by Gasteiger charge is 2.27. The molecule has 0 aliphatic carbocycles. The molecular weight excluding hydrogens is 912 g/mol. The quantitative estimate of drug-likeness (QED) is 0.0243. The average Bonchev–Trinajstić information content (AvgIpc) is 3.34. The number of allylic oxidation sites excluding steroid dienone is 19. The lowest BCUT2D eigenvalue weighted by molar-refractivity contribution is -0.870. The lowest BCUT2D eigenvalue weighted by Gasteiger charge is -2.25. The molecule has 0 bridgehead atoms. The number of nitrogens with one attached hydrogen (secondary N) is 1. The van der Waals surface area contributed by atoms with Gasteiger partial charge in [-0.2, -0.15) is 0 Å². The Kier molecular flexibility index (Phi) is 50.5. The van der Waals surface area contributed by atoms with Gasteiger partial charge in [0.2, 0.25) is 5.91 Å². The number of carbonyl (C=O) groups is 1. The molecule has 3 N–H and O–H groups in total. The Balaban J connectivity index is 4.40. The third-order valence-corrected chi connectivity index (χ3v) is 13.1. The fraction of sp³-hybridized carbons (Fsp3) is 0.667. The molecule has 0 saturated carbocycles. The Morgan fingerprint density at radius 3 is 1.28 bits per heavy atom. The van der Waals surface area contributed by atoms with Gasteiger partial charge in [-0.05, 0) is 96.3 Å². The predicted molar refractivity (Wildman–Crippen MR) is 313 cm³/mol. The first-order valence-electron chi connectivity index (χ1n) is 28.9. The molecule has 0 aromatic rings. The summed E-state index contributed by atoms with van der Waals surface area (Å²) in [6, 6.07) is -0.897. The third-order valence-electron chi connectivity index (χ3n) is 12.2. The number of amides is 1. The van der Waals surface area contributed by atoms with Crippen LogP contribution in [0, 0.1) is 0 Å². The molecule has 3 atom stereocenters. The van der Waals surface area contributed by atoms with Crippen LogP contribution in [0.2, 0.25) is 0 Å². The maximum absolute atomic E-state index is 13.0. The van der Waals surface area contributed by atoms with Crippen LogP contribution >= 0.6 is 7.82 Å². The van der Waals surface area contributed by atoms with Crippen LogP contribution in [-0.4, -0.2) is 73.4 Å². The highest BCUT2D eigenvalue weighted by molar-refractivity contribution is 7.47. The van der Waals surface area contributed by atoms with Gasteiger partial charge in [0, 0.05) is 6.42 Å². The third kappa shape index (κ3) is 54.7. The van der Waals surface area contributed by atoms with Gasteiger partial charge in [-0.25, -0.2) is 4.57 Å². The predicted octanol–water partition coefficient (Wildman–Crippen LogP) is 17.8. The number of unbranched alkanes of at least 4 members (excludes halogenated alkanes) is 20. The Morgan fingerprint density at radius 1 is 0.486 bits per heavy atom. The van der Waals surface area contributed by atoms with Crippen LogP contribution in [-0.2, 0) is 18.4 Å². The Hall–Kier alpha value is -3.10. The van der Waals surface area contributed by atoms with E-state index in [1.54, 1.807) is 6.08 Å². The number of phosphoric acid groups is 1. The molecule has 0 aromatic carbocycles. The van der Waals surface area contributed by atoms with Gasteiger partial charge < -0.3 is 19.8 Å². The zero-order valence-corrected chi connectivity index (χ0v) is 47.8. The second-order valence-electron chi connectivity index (χ2n) is 20.3. The lowest BCUT2D eigenvalue weighted by Crippen LogP contribution is -2.45. The first kappa shape index (κ1) is 68.9. The first-order chi connectivity index (χ1) is 35.0. The first-order valence-corrected chi connectivity index (χ1v) is 30.4. The molecule has 1 amide bonds. The summed E-state index contributed by atoms with van der Waals surface area (Å²) in [4.78, 5) is 23.3. The van der Waals surface area contributed by atoms with E-state index in [1.807, 2.05) is 27.2 Å². The SMILES string of the molecule is CC/C=C\C/C=C\C/C=C\C/C=C\C/C=C\C/C=C\C/C=C\C/C=C\CCCCC(=O)NC(COP(=O)(O)OCC[N+](C)(C)C)C(O)/C=C/CC/C=C/CCCCCCCCCCCCCCCCCCC. The highest BCUT2D eigenvalue weighted by Crippen LogP contribution is 2.43. The van der Waals surface area contributed by atoms with E-state index in [0.717, 1.165) is 83.5 Å². The van der Waals surface area contributed by atoms with Crippen LogP contribution in [0.25, 0.3) is 0 Å². The average molecular weight is 1020 g/mol. The molecule has 0 rings (SSSR count). The van der Waals surface area contributed by atoms with E-state index in [0.29, 0.717) is 17.4 Å². The zero-order valence-electron chi connectivity index (χ0n) is 46.9. The Labute approximate surface area is 444 Å². The largest absolute Gasteiger partial charge is 0.472 e. The minimum Gasteiger partial charge on any atom is -0.387 e. The summed E-state index contributed by atoms with van der Waals surface area (Å²) in [5, 5.41) is 13.9. The monoisotopic (exact) mass is 1020 g/mol. The summed E-state index contributed by atoms with van der Waals surface area (Å²) in [5.41, 5.74) is 0. The number of nitrogens with zero attached hydrogens (tertiary/aromatic N) is 1. The highest BCUT2D eigenvalue weighted by atomic mass is 31.2. The second kappa shape index (κ2) is 52.8. The van der Waals surface area contributed by atoms with Gasteiger partial charge in [0.1, 0.15) is 13.2 Å². The van der Waals surface area contributed by atoms with Gasteiger partial charge in [0.15, 0.2) is 0 Å². The van der Waals surface area contributed by atoms with Gasteiger partial charge in [-0.3, -0.25) is 13.8 Å². The van der Waals surface area contributed by atoms with E-state index in [-0.39, 0.29) is 25.5 Å². The van der Waals surface area contributed by atoms with Gasteiger partial charge in [-0.15, -0.1) is 0 Å². The van der Waals surface area contributed by atoms with Crippen molar-refractivity contribution >= 4 is 13.7 Å². The van der Waals surface area contributed by atoms with Gasteiger partial charge >= 0.3 is 7.82 Å². The van der Waals surface area contributed by atoms with Crippen LogP contribution < -0.4 is 5.32 Å². The maximum Gasteiger partial charge on any atom is 0.472 e. The minimum atomic E-state index is -4.38. The number of hydrogen-bond acceptors (Lipinski definition) is 5. The number of hydrogen-bond donors (Lipinski definition) is 3. The van der Waals surface area contributed by atoms with Gasteiger partial charge in [-0.1, -0.05) is 238 Å². The molecular formula is C63H110N2O6P+. The number of likely N-dealkylation sites (N-methyl/N-ethyl adjacent to an activating group) is 1. The minimum absolute atomic E-state index is 0.0405. The number of quaternary nitrogens is 1. The maximum atomic E-state index is 13.0. The smallest absolute Gasteiger partial charge is 0.387 e. The van der Waals surface area contributed by atoms with Crippen LogP contribution in [0.5, 0.6) is 0 Å². The molecule has 8 nitrogen and oxygen atoms in total. The number of aliphatic hydroxyl groups is 1. The van der Waals surface area contributed by atoms with Gasteiger partial charge in [0.05, 0.1) is 39.9 Å². The molecule has 0 aliphatic rings. The standard InChI is InChI=1S/C63H109N2O6P/c1-6-8-10-12-14-16-18-20-22-24-26-28-30-31-32-33-35-37-39-41-43-45-47-49-51-53-55-57-63(67)64-61(60-71-72(68,69)70-59-58-65(3,4)5)62(66)56-54-52-50-48-46-44-42-40-38-36-34-29-27-25-23-21-19-17-15-13-11-9-7-2/h8,10,14,16,20,22,26,28,31-32,35,37,41,43,46-49,54,56,61-62,66H,6-7,9,11-13,15,17-19,21,23-25,27,29-30,33-34,36,38-40,42,44-45,50-53,55,57-60H2,1-5H3,(H-,64,67,68,69)/p+1/b10-8-,16-14-,22-20-,28-26-,32-31-,37-35-,43-41-,48-46+,49-47-,56-54+. The molecule has 412 valence electrons. The molecule has 0 aliphatic heterocycles. The molecule has 0 heterocycles. The van der Waals surface area contributed by atoms with E-state index >= 15 is 0 Å². The number of rotatable bonds is 51. The van der Waals surface area contributed by atoms with E-state index in [4.69, 9.17) is 9.05 Å². The topological polar surface area (TPSA) is 105 Å². The molecule has 0 saturated heterocycles. The summed E-state index contributed by atoms with van der Waals surface area (Å²) >= 11 is 0. The molecule has 72 heavy (non-hydrogen) atoms. The van der Waals surface area contributed by atoms with Crippen molar-refractivity contribution in [1.82, 2.24) is 5.32 Å². The van der Waals surface area contributed by atoms with Crippen molar-refractivity contribution in [2.75, 3.05) is 40.9 Å². The number of aliphatic hydroxyl groups excluding tert-OH is 1. The number of phosphoric ester groups is 1. The van der Waals surface area contributed by atoms with Crippen molar-refractivity contribution in [3.8, 4) is 0 Å². The van der Waals surface area contributed by atoms with E-state index in [9.17, 15) is 19.4 Å². The molecule has 0 radical (unpaired) electrons. The van der Waals surface area contributed by atoms with Crippen LogP contribution in [0.4, 0.5) is 0 Å². The van der Waals surface area contributed by atoms with Crippen molar-refractivity contribution in [2.24, 2.45) is 0 Å². The van der Waals surface area contributed by atoms with Crippen LogP contribution in [0.3, 0.4) is 0 Å². The fourth-order valence-corrected chi connectivity index (χ4v) is 8.40. The normalized spacial score (nSPS) is 14.8. The van der Waals surface area contributed by atoms with E-state index in [2.05, 4.69) is 129 Å². The summed E-state index contributed by atoms with van der Waals surface area (Å²) in [6.45, 7) is 4.64. The molecule has 9 heteroatoms. The van der Waals surface area contributed by atoms with Crippen molar-refractivity contribution < 1.29 is 32.9 Å². The summed E-state index contributed by atoms with van der Waals surface area (Å²) in [6.07, 6.45) is 78.8. The van der Waals surface area contributed by atoms with E-state index < -0.39 is 20.0 Å². The van der Waals surface area contributed by atoms with Crippen molar-refractivity contribution in [3.63, 3.8) is 0 Å². The Morgan fingerprint density at radius 2 is 0.847 bits per heavy atom. The Bertz CT molecular complexity index is 1580. The summed E-state index contributed by atoms with van der Waals surface area (Å²) < 4.78 is 23.7. The van der Waals surface area contributed by atoms with Crippen LogP contribution in [0.1, 0.15) is 219 Å². The van der Waals surface area contributed by atoms with Gasteiger partial charge in [0.25, 0.3) is 0 Å². The van der Waals surface area contributed by atoms with E-state index in [1.165, 1.54) is 109 Å². The van der Waals surface area contributed by atoms with Crippen LogP contribution in [0.15, 0.2) is 122 Å². The molecule has 0 spiro atoms. The van der Waals surface area contributed by atoms with Crippen molar-refractivity contribution in [2.45, 2.75) is 231 Å². The van der Waals surface area contributed by atoms with Crippen molar-refractivity contribution in [1.29, 1.82) is 0 Å².